The molecule has 0 aliphatic rings. The molecule has 0 unspecified atom stereocenters. The summed E-state index contributed by atoms with van der Waals surface area (Å²) in [6, 6.07) is -1.46. The maximum absolute atomic E-state index is 11.4. The summed E-state index contributed by atoms with van der Waals surface area (Å²) in [5, 5.41) is 8.92. The Bertz CT molecular complexity index is 540. The molecule has 11 heteroatoms. The first kappa shape index (κ1) is 14.9. The van der Waals surface area contributed by atoms with Crippen LogP contribution in [0.1, 0.15) is 5.69 Å². The smallest absolute Gasteiger partial charge is 0.421 e. The summed E-state index contributed by atoms with van der Waals surface area (Å²) in [6.45, 7) is 0. The van der Waals surface area contributed by atoms with Crippen LogP contribution in [0, 0.1) is 0 Å². The predicted octanol–water partition coefficient (Wildman–Crippen LogP) is -1.40. The Kier molecular flexibility index (Phi) is 4.83. The van der Waals surface area contributed by atoms with E-state index in [1.165, 1.54) is 17.2 Å². The van der Waals surface area contributed by atoms with Crippen molar-refractivity contribution in [3.05, 3.63) is 18.2 Å². The summed E-state index contributed by atoms with van der Waals surface area (Å²) < 4.78 is 30.3. The van der Waals surface area contributed by atoms with Crippen molar-refractivity contribution >= 4 is 22.3 Å². The fourth-order valence-electron chi connectivity index (χ4n) is 1.16. The number of carbonyl (C=O) groups is 2. The van der Waals surface area contributed by atoms with Crippen LogP contribution in [0.25, 0.3) is 0 Å². The van der Waals surface area contributed by atoms with E-state index in [9.17, 15) is 18.0 Å². The molecule has 4 N–H and O–H groups in total. The van der Waals surface area contributed by atoms with E-state index in [0.29, 0.717) is 5.69 Å². The minimum atomic E-state index is -4.33. The summed E-state index contributed by atoms with van der Waals surface area (Å²) in [4.78, 5) is 28.0. The third-order valence-corrected chi connectivity index (χ3v) is 3.01. The normalized spacial score (nSPS) is 12.7. The second kappa shape index (κ2) is 6.15. The van der Waals surface area contributed by atoms with Gasteiger partial charge in [0.1, 0.15) is 6.04 Å². The van der Waals surface area contributed by atoms with Crippen molar-refractivity contribution in [3.8, 4) is 0 Å². The number of carboxylic acids is 1. The Morgan fingerprint density at radius 1 is 1.58 bits per heavy atom. The highest BCUT2D eigenvalue weighted by Gasteiger charge is 2.26. The lowest BCUT2D eigenvalue weighted by Gasteiger charge is -2.13. The molecule has 1 atom stereocenters. The average molecular weight is 292 g/mol. The van der Waals surface area contributed by atoms with Gasteiger partial charge in [0.15, 0.2) is 0 Å². The van der Waals surface area contributed by atoms with Crippen molar-refractivity contribution in [3.63, 3.8) is 0 Å². The number of H-pyrrole nitrogens is 1. The van der Waals surface area contributed by atoms with Gasteiger partial charge in [0, 0.05) is 18.3 Å². The molecule has 1 amide bonds. The quantitative estimate of drug-likeness (QED) is 0.503. The highest BCUT2D eigenvalue weighted by Crippen LogP contribution is 2.00. The van der Waals surface area contributed by atoms with Crippen molar-refractivity contribution in [2.45, 2.75) is 12.5 Å². The van der Waals surface area contributed by atoms with E-state index in [1.54, 1.807) is 0 Å². The number of ether oxygens (including phenoxy) is 1. The maximum atomic E-state index is 11.4. The van der Waals surface area contributed by atoms with E-state index in [0.717, 1.165) is 7.11 Å². The molecule has 0 aliphatic carbocycles. The van der Waals surface area contributed by atoms with Gasteiger partial charge in [0.05, 0.1) is 13.4 Å². The number of hydrogen-bond donors (Lipinski definition) is 4. The molecule has 1 rings (SSSR count). The highest BCUT2D eigenvalue weighted by molar-refractivity contribution is 7.88. The van der Waals surface area contributed by atoms with E-state index < -0.39 is 28.3 Å². The van der Waals surface area contributed by atoms with Gasteiger partial charge >= 0.3 is 22.3 Å². The summed E-state index contributed by atoms with van der Waals surface area (Å²) in [5.41, 5.74) is 0.424. The van der Waals surface area contributed by atoms with Crippen molar-refractivity contribution in [1.82, 2.24) is 19.4 Å². The number of carboxylic acid groups (broad SMARTS) is 1. The number of nitrogens with zero attached hydrogens (tertiary/aromatic N) is 1. The van der Waals surface area contributed by atoms with Crippen LogP contribution >= 0.6 is 0 Å². The molecule has 0 saturated heterocycles. The largest absolute Gasteiger partial charge is 0.480 e. The number of rotatable bonds is 6. The standard InChI is InChI=1S/C8H12N4O6S/c1-18-8(15)12-19(16,17)11-6(7(13)14)2-5-3-9-4-10-5/h3-4,6,11H,2H2,1H3,(H,9,10)(H,12,15)(H,13,14)/t6-/m0/s1. The van der Waals surface area contributed by atoms with Crippen LogP contribution in [-0.2, 0) is 26.2 Å². The Balaban J connectivity index is 2.73. The molecule has 106 valence electrons. The van der Waals surface area contributed by atoms with Crippen LogP contribution in [0.3, 0.4) is 0 Å². The van der Waals surface area contributed by atoms with Gasteiger partial charge in [-0.25, -0.2) is 14.5 Å². The van der Waals surface area contributed by atoms with Crippen LogP contribution in [-0.4, -0.2) is 48.7 Å². The molecule has 0 bridgehead atoms. The number of aromatic amines is 1. The average Bonchev–Trinajstić information content (AvgIpc) is 2.79. The van der Waals surface area contributed by atoms with Gasteiger partial charge in [-0.2, -0.15) is 13.1 Å². The first-order valence-electron chi connectivity index (χ1n) is 4.92. The summed E-state index contributed by atoms with van der Waals surface area (Å²) in [5.74, 6) is -1.40. The number of nitrogens with one attached hydrogen (secondary N) is 3. The van der Waals surface area contributed by atoms with Crippen molar-refractivity contribution in [2.75, 3.05) is 7.11 Å². The van der Waals surface area contributed by atoms with Gasteiger partial charge in [-0.1, -0.05) is 0 Å². The third kappa shape index (κ3) is 4.93. The third-order valence-electron chi connectivity index (χ3n) is 1.98. The molecule has 0 aromatic carbocycles. The first-order valence-corrected chi connectivity index (χ1v) is 6.40. The number of aliphatic carboxylic acids is 1. The summed E-state index contributed by atoms with van der Waals surface area (Å²) >= 11 is 0. The Morgan fingerprint density at radius 3 is 2.74 bits per heavy atom. The minimum Gasteiger partial charge on any atom is -0.480 e. The second-order valence-electron chi connectivity index (χ2n) is 3.39. The van der Waals surface area contributed by atoms with Crippen LogP contribution in [0.2, 0.25) is 0 Å². The molecule has 0 radical (unpaired) electrons. The number of hydrogen-bond acceptors (Lipinski definition) is 6. The van der Waals surface area contributed by atoms with Crippen LogP contribution in [0.5, 0.6) is 0 Å². The molecule has 0 saturated carbocycles. The lowest BCUT2D eigenvalue weighted by Crippen LogP contribution is -2.49. The van der Waals surface area contributed by atoms with Crippen LogP contribution in [0.15, 0.2) is 12.5 Å². The fraction of sp³-hybridized carbons (Fsp3) is 0.375. The molecule has 10 nitrogen and oxygen atoms in total. The lowest BCUT2D eigenvalue weighted by molar-refractivity contribution is -0.138. The molecule has 19 heavy (non-hydrogen) atoms. The van der Waals surface area contributed by atoms with Gasteiger partial charge in [-0.05, 0) is 0 Å². The SMILES string of the molecule is COC(=O)NS(=O)(=O)N[C@@H](Cc1cnc[nH]1)C(=O)O. The molecule has 0 fully saturated rings. The van der Waals surface area contributed by atoms with E-state index >= 15 is 0 Å². The zero-order chi connectivity index (χ0) is 14.5. The topological polar surface area (TPSA) is 150 Å². The molecule has 1 aromatic rings. The molecular formula is C8H12N4O6S. The molecule has 1 heterocycles. The molecule has 0 spiro atoms. The van der Waals surface area contributed by atoms with Crippen LogP contribution in [0.4, 0.5) is 4.79 Å². The van der Waals surface area contributed by atoms with Crippen molar-refractivity contribution in [2.24, 2.45) is 0 Å². The van der Waals surface area contributed by atoms with E-state index in [1.807, 2.05) is 4.72 Å². The minimum absolute atomic E-state index is 0.155. The number of methoxy groups -OCH3 is 1. The van der Waals surface area contributed by atoms with Gasteiger partial charge in [0.25, 0.3) is 0 Å². The first-order chi connectivity index (χ1) is 8.84. The molecule has 1 aromatic heterocycles. The fourth-order valence-corrected chi connectivity index (χ4v) is 2.08. The van der Waals surface area contributed by atoms with Crippen molar-refractivity contribution in [1.29, 1.82) is 0 Å². The zero-order valence-corrected chi connectivity index (χ0v) is 10.6. The van der Waals surface area contributed by atoms with Gasteiger partial charge < -0.3 is 14.8 Å². The van der Waals surface area contributed by atoms with Gasteiger partial charge in [0.2, 0.25) is 0 Å². The molecular weight excluding hydrogens is 280 g/mol. The van der Waals surface area contributed by atoms with E-state index in [4.69, 9.17) is 5.11 Å². The number of aromatic nitrogens is 2. The van der Waals surface area contributed by atoms with Crippen LogP contribution < -0.4 is 9.44 Å². The van der Waals surface area contributed by atoms with Gasteiger partial charge in [-0.15, -0.1) is 0 Å². The maximum Gasteiger partial charge on any atom is 0.421 e. The molecule has 0 aliphatic heterocycles. The number of amides is 1. The predicted molar refractivity (Wildman–Crippen MR) is 61.3 cm³/mol. The monoisotopic (exact) mass is 292 g/mol. The van der Waals surface area contributed by atoms with E-state index in [-0.39, 0.29) is 6.42 Å². The Labute approximate surface area is 108 Å². The Morgan fingerprint density at radius 2 is 2.26 bits per heavy atom. The number of imidazole rings is 1. The summed E-state index contributed by atoms with van der Waals surface area (Å²) in [7, 11) is -3.35. The second-order valence-corrected chi connectivity index (χ2v) is 4.83. The Hall–Kier alpha value is -2.14. The van der Waals surface area contributed by atoms with Crippen molar-refractivity contribution < 1.29 is 27.9 Å². The highest BCUT2D eigenvalue weighted by atomic mass is 32.2. The summed E-state index contributed by atoms with van der Waals surface area (Å²) in [6.07, 6.45) is 1.31. The number of carbonyl (C=O) groups excluding carboxylic acids is 1. The lowest BCUT2D eigenvalue weighted by atomic mass is 10.2. The van der Waals surface area contributed by atoms with Gasteiger partial charge in [-0.3, -0.25) is 4.79 Å². The van der Waals surface area contributed by atoms with E-state index in [2.05, 4.69) is 14.7 Å². The zero-order valence-electron chi connectivity index (χ0n) is 9.78.